The van der Waals surface area contributed by atoms with E-state index in [9.17, 15) is 13.6 Å². The quantitative estimate of drug-likeness (QED) is 0.553. The molecule has 0 saturated carbocycles. The second-order valence-electron chi connectivity index (χ2n) is 2.66. The van der Waals surface area contributed by atoms with Gasteiger partial charge in [0.1, 0.15) is 6.10 Å². The van der Waals surface area contributed by atoms with Crippen molar-refractivity contribution < 1.29 is 18.7 Å². The van der Waals surface area contributed by atoms with Crippen LogP contribution in [0.4, 0.5) is 8.78 Å². The molecule has 0 radical (unpaired) electrons. The number of aliphatic hydroxyl groups excluding tert-OH is 1. The number of hydrogen-bond donors (Lipinski definition) is 3. The predicted octanol–water partition coefficient (Wildman–Crippen LogP) is -0.534. The Hall–Kier alpha value is -0.750. The molecular weight excluding hydrogens is 182 g/mol. The summed E-state index contributed by atoms with van der Waals surface area (Å²) in [6.07, 6.45) is -4.25. The molecule has 78 valence electrons. The lowest BCUT2D eigenvalue weighted by molar-refractivity contribution is -0.123. The molecule has 2 unspecified atom stereocenters. The molecule has 13 heavy (non-hydrogen) atoms. The molecule has 0 aromatic carbocycles. The first-order valence-electron chi connectivity index (χ1n) is 3.98. The molecule has 0 heterocycles. The summed E-state index contributed by atoms with van der Waals surface area (Å²) in [5.74, 6) is -0.526. The monoisotopic (exact) mass is 196 g/mol. The van der Waals surface area contributed by atoms with E-state index in [4.69, 9.17) is 10.8 Å². The molecule has 4 nitrogen and oxygen atoms in total. The van der Waals surface area contributed by atoms with E-state index in [0.717, 1.165) is 0 Å². The number of halogens is 2. The summed E-state index contributed by atoms with van der Waals surface area (Å²) in [4.78, 5) is 10.9. The number of carbonyl (C=O) groups is 1. The van der Waals surface area contributed by atoms with E-state index in [-0.39, 0.29) is 0 Å². The number of aliphatic hydroxyl groups is 1. The van der Waals surface area contributed by atoms with Crippen LogP contribution in [0.25, 0.3) is 0 Å². The van der Waals surface area contributed by atoms with Gasteiger partial charge in [-0.1, -0.05) is 6.92 Å². The molecule has 1 amide bonds. The fourth-order valence-corrected chi connectivity index (χ4v) is 0.611. The average Bonchev–Trinajstić information content (AvgIpc) is 2.11. The first kappa shape index (κ1) is 12.2. The van der Waals surface area contributed by atoms with E-state index in [1.807, 2.05) is 0 Å². The Bertz CT molecular complexity index is 167. The number of nitrogens with two attached hydrogens (primary N) is 1. The van der Waals surface area contributed by atoms with Gasteiger partial charge < -0.3 is 16.2 Å². The molecule has 0 aliphatic heterocycles. The van der Waals surface area contributed by atoms with Crippen LogP contribution in [0.15, 0.2) is 0 Å². The minimum atomic E-state index is -2.85. The molecular formula is C7H14F2N2O2. The smallest absolute Gasteiger partial charge is 0.265 e. The van der Waals surface area contributed by atoms with Crippen LogP contribution in [-0.4, -0.2) is 36.1 Å². The van der Waals surface area contributed by atoms with E-state index in [1.54, 1.807) is 6.92 Å². The summed E-state index contributed by atoms with van der Waals surface area (Å²) in [5, 5.41) is 10.7. The van der Waals surface area contributed by atoms with Gasteiger partial charge in [0.05, 0.1) is 6.04 Å². The molecule has 6 heteroatoms. The fourth-order valence-electron chi connectivity index (χ4n) is 0.611. The normalized spacial score (nSPS) is 15.5. The largest absolute Gasteiger partial charge is 0.385 e. The number of rotatable bonds is 5. The van der Waals surface area contributed by atoms with Crippen LogP contribution >= 0.6 is 0 Å². The number of hydrogen-bond acceptors (Lipinski definition) is 3. The Morgan fingerprint density at radius 1 is 1.62 bits per heavy atom. The zero-order valence-electron chi connectivity index (χ0n) is 7.34. The Balaban J connectivity index is 3.70. The second kappa shape index (κ2) is 5.82. The van der Waals surface area contributed by atoms with Crippen molar-refractivity contribution in [3.05, 3.63) is 0 Å². The highest BCUT2D eigenvalue weighted by molar-refractivity contribution is 5.81. The molecule has 0 spiro atoms. The van der Waals surface area contributed by atoms with E-state index in [2.05, 4.69) is 5.32 Å². The highest BCUT2D eigenvalue weighted by atomic mass is 19.3. The summed E-state index contributed by atoms with van der Waals surface area (Å²) in [5.41, 5.74) is 5.30. The van der Waals surface area contributed by atoms with Gasteiger partial charge in [-0.05, 0) is 6.42 Å². The zero-order valence-corrected chi connectivity index (χ0v) is 7.34. The van der Waals surface area contributed by atoms with Gasteiger partial charge in [-0.25, -0.2) is 8.78 Å². The third kappa shape index (κ3) is 4.74. The standard InChI is InChI=1S/C7H14F2N2O2/c1-2-4(10)7(13)11-3-5(12)6(8)9/h4-6,12H,2-3,10H2,1H3,(H,11,13). The van der Waals surface area contributed by atoms with Crippen molar-refractivity contribution in [1.29, 1.82) is 0 Å². The Morgan fingerprint density at radius 3 is 2.54 bits per heavy atom. The van der Waals surface area contributed by atoms with Crippen LogP contribution in [0.3, 0.4) is 0 Å². The van der Waals surface area contributed by atoms with Gasteiger partial charge in [0.25, 0.3) is 6.43 Å². The van der Waals surface area contributed by atoms with Gasteiger partial charge in [0, 0.05) is 6.54 Å². The molecule has 0 aliphatic carbocycles. The highest BCUT2D eigenvalue weighted by Gasteiger charge is 2.18. The molecule has 4 N–H and O–H groups in total. The van der Waals surface area contributed by atoms with Crippen LogP contribution < -0.4 is 11.1 Å². The van der Waals surface area contributed by atoms with Gasteiger partial charge in [-0.3, -0.25) is 4.79 Å². The van der Waals surface area contributed by atoms with E-state index < -0.39 is 31.0 Å². The second-order valence-corrected chi connectivity index (χ2v) is 2.66. The maximum absolute atomic E-state index is 11.7. The van der Waals surface area contributed by atoms with Crippen LogP contribution in [-0.2, 0) is 4.79 Å². The van der Waals surface area contributed by atoms with Crippen LogP contribution in [0.2, 0.25) is 0 Å². The SMILES string of the molecule is CCC(N)C(=O)NCC(O)C(F)F. The molecule has 0 aliphatic rings. The highest BCUT2D eigenvalue weighted by Crippen LogP contribution is 1.98. The molecule has 0 aromatic rings. The van der Waals surface area contributed by atoms with Crippen molar-refractivity contribution >= 4 is 5.91 Å². The number of amides is 1. The third-order valence-electron chi connectivity index (χ3n) is 1.55. The lowest BCUT2D eigenvalue weighted by atomic mass is 10.2. The van der Waals surface area contributed by atoms with Crippen molar-refractivity contribution in [3.8, 4) is 0 Å². The van der Waals surface area contributed by atoms with Gasteiger partial charge in [-0.15, -0.1) is 0 Å². The third-order valence-corrected chi connectivity index (χ3v) is 1.55. The van der Waals surface area contributed by atoms with E-state index in [0.29, 0.717) is 6.42 Å². The molecule has 0 fully saturated rings. The van der Waals surface area contributed by atoms with Crippen molar-refractivity contribution in [3.63, 3.8) is 0 Å². The molecule has 2 atom stereocenters. The predicted molar refractivity (Wildman–Crippen MR) is 43.3 cm³/mol. The first-order valence-corrected chi connectivity index (χ1v) is 3.98. The zero-order chi connectivity index (χ0) is 10.4. The van der Waals surface area contributed by atoms with E-state index in [1.165, 1.54) is 0 Å². The molecule has 0 saturated heterocycles. The summed E-state index contributed by atoms with van der Waals surface area (Å²) in [6.45, 7) is 1.23. The van der Waals surface area contributed by atoms with Gasteiger partial charge >= 0.3 is 0 Å². The lowest BCUT2D eigenvalue weighted by Gasteiger charge is -2.13. The van der Waals surface area contributed by atoms with Crippen LogP contribution in [0, 0.1) is 0 Å². The van der Waals surface area contributed by atoms with Crippen molar-refractivity contribution in [2.75, 3.05) is 6.54 Å². The Morgan fingerprint density at radius 2 is 2.15 bits per heavy atom. The molecule has 0 bridgehead atoms. The van der Waals surface area contributed by atoms with Crippen LogP contribution in [0.1, 0.15) is 13.3 Å². The summed E-state index contributed by atoms with van der Waals surface area (Å²) in [6, 6.07) is -0.704. The number of nitrogens with one attached hydrogen (secondary N) is 1. The minimum Gasteiger partial charge on any atom is -0.385 e. The van der Waals surface area contributed by atoms with Crippen LogP contribution in [0.5, 0.6) is 0 Å². The Kier molecular flexibility index (Phi) is 5.48. The van der Waals surface area contributed by atoms with E-state index >= 15 is 0 Å². The molecule has 0 aromatic heterocycles. The van der Waals surface area contributed by atoms with Gasteiger partial charge in [0.15, 0.2) is 0 Å². The van der Waals surface area contributed by atoms with Crippen molar-refractivity contribution in [1.82, 2.24) is 5.32 Å². The minimum absolute atomic E-state index is 0.427. The lowest BCUT2D eigenvalue weighted by Crippen LogP contribution is -2.44. The number of alkyl halides is 2. The van der Waals surface area contributed by atoms with Gasteiger partial charge in [-0.2, -0.15) is 0 Å². The topological polar surface area (TPSA) is 75.4 Å². The maximum Gasteiger partial charge on any atom is 0.265 e. The van der Waals surface area contributed by atoms with Crippen molar-refractivity contribution in [2.45, 2.75) is 31.9 Å². The average molecular weight is 196 g/mol. The van der Waals surface area contributed by atoms with Gasteiger partial charge in [0.2, 0.25) is 5.91 Å². The summed E-state index contributed by atoms with van der Waals surface area (Å²) < 4.78 is 23.5. The Labute approximate surface area is 75.1 Å². The summed E-state index contributed by atoms with van der Waals surface area (Å²) in [7, 11) is 0. The summed E-state index contributed by atoms with van der Waals surface area (Å²) >= 11 is 0. The van der Waals surface area contributed by atoms with Crippen molar-refractivity contribution in [2.24, 2.45) is 5.73 Å². The number of carbonyl (C=O) groups excluding carboxylic acids is 1. The molecule has 0 rings (SSSR count). The first-order chi connectivity index (χ1) is 5.99. The maximum atomic E-state index is 11.7. The fraction of sp³-hybridized carbons (Fsp3) is 0.857.